The van der Waals surface area contributed by atoms with Crippen molar-refractivity contribution in [3.63, 3.8) is 0 Å². The van der Waals surface area contributed by atoms with Crippen LogP contribution in [0.4, 0.5) is 0 Å². The average Bonchev–Trinajstić information content (AvgIpc) is 2.88. The van der Waals surface area contributed by atoms with Crippen molar-refractivity contribution in [2.75, 3.05) is 0 Å². The van der Waals surface area contributed by atoms with Crippen molar-refractivity contribution in [2.24, 2.45) is 5.41 Å². The van der Waals surface area contributed by atoms with Crippen molar-refractivity contribution in [1.82, 2.24) is 9.55 Å². The first-order chi connectivity index (χ1) is 7.29. The van der Waals surface area contributed by atoms with Gasteiger partial charge < -0.3 is 4.57 Å². The standard InChI is InChI=1S/C12H18N2O/c1-2-12(5-3-4-6-12)9-14-10-13-7-11(14)8-15/h7-8,10H,2-6,9H2,1H3. The highest BCUT2D eigenvalue weighted by atomic mass is 16.1. The highest BCUT2D eigenvalue weighted by Gasteiger charge is 2.32. The van der Waals surface area contributed by atoms with Crippen LogP contribution in [0.3, 0.4) is 0 Å². The minimum atomic E-state index is 0.415. The van der Waals surface area contributed by atoms with Crippen LogP contribution in [0, 0.1) is 5.41 Å². The smallest absolute Gasteiger partial charge is 0.168 e. The quantitative estimate of drug-likeness (QED) is 0.710. The summed E-state index contributed by atoms with van der Waals surface area (Å²) >= 11 is 0. The van der Waals surface area contributed by atoms with Gasteiger partial charge in [0, 0.05) is 6.54 Å². The number of hydrogen-bond donors (Lipinski definition) is 0. The van der Waals surface area contributed by atoms with Crippen LogP contribution in [0.2, 0.25) is 0 Å². The molecule has 1 saturated carbocycles. The summed E-state index contributed by atoms with van der Waals surface area (Å²) in [5.41, 5.74) is 1.12. The van der Waals surface area contributed by atoms with Crippen LogP contribution in [-0.4, -0.2) is 15.8 Å². The molecule has 1 fully saturated rings. The molecule has 0 N–H and O–H groups in total. The Labute approximate surface area is 90.5 Å². The third kappa shape index (κ3) is 1.96. The highest BCUT2D eigenvalue weighted by Crippen LogP contribution is 2.42. The van der Waals surface area contributed by atoms with Crippen LogP contribution in [0.15, 0.2) is 12.5 Å². The van der Waals surface area contributed by atoms with Crippen molar-refractivity contribution >= 4 is 6.29 Å². The first kappa shape index (κ1) is 10.4. The second kappa shape index (κ2) is 4.17. The van der Waals surface area contributed by atoms with Gasteiger partial charge in [0.05, 0.1) is 12.5 Å². The molecule has 1 aliphatic carbocycles. The van der Waals surface area contributed by atoms with E-state index in [0.717, 1.165) is 12.8 Å². The second-order valence-electron chi connectivity index (χ2n) is 4.62. The van der Waals surface area contributed by atoms with Crippen LogP contribution in [0.5, 0.6) is 0 Å². The molecule has 82 valence electrons. The van der Waals surface area contributed by atoms with E-state index in [0.29, 0.717) is 11.1 Å². The Hall–Kier alpha value is -1.12. The number of rotatable bonds is 4. The van der Waals surface area contributed by atoms with Crippen LogP contribution in [-0.2, 0) is 6.54 Å². The summed E-state index contributed by atoms with van der Waals surface area (Å²) in [6.07, 6.45) is 10.8. The molecule has 2 rings (SSSR count). The largest absolute Gasteiger partial charge is 0.328 e. The molecular formula is C12H18N2O. The fourth-order valence-corrected chi connectivity index (χ4v) is 2.67. The summed E-state index contributed by atoms with van der Waals surface area (Å²) < 4.78 is 2.00. The summed E-state index contributed by atoms with van der Waals surface area (Å²) in [6.45, 7) is 3.21. The van der Waals surface area contributed by atoms with Crippen LogP contribution < -0.4 is 0 Å². The molecule has 3 nitrogen and oxygen atoms in total. The summed E-state index contributed by atoms with van der Waals surface area (Å²) in [6, 6.07) is 0. The monoisotopic (exact) mass is 206 g/mol. The summed E-state index contributed by atoms with van der Waals surface area (Å²) in [7, 11) is 0. The fourth-order valence-electron chi connectivity index (χ4n) is 2.67. The van der Waals surface area contributed by atoms with Gasteiger partial charge in [-0.1, -0.05) is 19.8 Å². The Morgan fingerprint density at radius 3 is 2.87 bits per heavy atom. The normalized spacial score (nSPS) is 19.3. The minimum Gasteiger partial charge on any atom is -0.328 e. The van der Waals surface area contributed by atoms with E-state index in [1.807, 2.05) is 4.57 Å². The van der Waals surface area contributed by atoms with Crippen LogP contribution in [0.1, 0.15) is 49.5 Å². The zero-order chi connectivity index (χ0) is 10.7. The third-order valence-electron chi connectivity index (χ3n) is 3.79. The van der Waals surface area contributed by atoms with Gasteiger partial charge in [-0.2, -0.15) is 0 Å². The molecule has 0 spiro atoms. The zero-order valence-electron chi connectivity index (χ0n) is 9.28. The van der Waals surface area contributed by atoms with E-state index in [4.69, 9.17) is 0 Å². The number of carbonyl (C=O) groups is 1. The van der Waals surface area contributed by atoms with E-state index in [9.17, 15) is 4.79 Å². The number of carbonyl (C=O) groups excluding carboxylic acids is 1. The summed E-state index contributed by atoms with van der Waals surface area (Å²) in [5, 5.41) is 0. The van der Waals surface area contributed by atoms with Crippen LogP contribution in [0.25, 0.3) is 0 Å². The molecule has 1 heterocycles. The van der Waals surface area contributed by atoms with Gasteiger partial charge in [0.1, 0.15) is 5.69 Å². The van der Waals surface area contributed by atoms with E-state index in [1.54, 1.807) is 12.5 Å². The molecule has 1 aliphatic rings. The van der Waals surface area contributed by atoms with E-state index in [-0.39, 0.29) is 0 Å². The van der Waals surface area contributed by atoms with E-state index in [1.165, 1.54) is 32.1 Å². The van der Waals surface area contributed by atoms with Crippen molar-refractivity contribution in [3.8, 4) is 0 Å². The minimum absolute atomic E-state index is 0.415. The van der Waals surface area contributed by atoms with Gasteiger partial charge in [0.15, 0.2) is 6.29 Å². The van der Waals surface area contributed by atoms with Gasteiger partial charge in [0.25, 0.3) is 0 Å². The fraction of sp³-hybridized carbons (Fsp3) is 0.667. The molecule has 0 radical (unpaired) electrons. The first-order valence-electron chi connectivity index (χ1n) is 5.75. The van der Waals surface area contributed by atoms with Crippen molar-refractivity contribution in [2.45, 2.75) is 45.6 Å². The second-order valence-corrected chi connectivity index (χ2v) is 4.62. The molecule has 0 atom stereocenters. The van der Waals surface area contributed by atoms with Crippen molar-refractivity contribution in [1.29, 1.82) is 0 Å². The van der Waals surface area contributed by atoms with Gasteiger partial charge >= 0.3 is 0 Å². The number of imidazole rings is 1. The third-order valence-corrected chi connectivity index (χ3v) is 3.79. The Morgan fingerprint density at radius 2 is 2.27 bits per heavy atom. The van der Waals surface area contributed by atoms with Crippen molar-refractivity contribution in [3.05, 3.63) is 18.2 Å². The maximum absolute atomic E-state index is 10.8. The Balaban J connectivity index is 2.16. The molecule has 1 aromatic heterocycles. The maximum atomic E-state index is 10.8. The zero-order valence-corrected chi connectivity index (χ0v) is 9.28. The Kier molecular flexibility index (Phi) is 2.89. The first-order valence-corrected chi connectivity index (χ1v) is 5.75. The number of aldehydes is 1. The number of nitrogens with zero attached hydrogens (tertiary/aromatic N) is 2. The molecule has 15 heavy (non-hydrogen) atoms. The molecule has 0 aromatic carbocycles. The van der Waals surface area contributed by atoms with Gasteiger partial charge in [-0.3, -0.25) is 4.79 Å². The molecule has 0 bridgehead atoms. The highest BCUT2D eigenvalue weighted by molar-refractivity contribution is 5.71. The molecule has 1 aromatic rings. The van der Waals surface area contributed by atoms with E-state index < -0.39 is 0 Å². The lowest BCUT2D eigenvalue weighted by molar-refractivity contribution is 0.111. The Morgan fingerprint density at radius 1 is 1.53 bits per heavy atom. The topological polar surface area (TPSA) is 34.9 Å². The molecule has 3 heteroatoms. The van der Waals surface area contributed by atoms with Gasteiger partial charge in [-0.15, -0.1) is 0 Å². The molecule has 0 aliphatic heterocycles. The lowest BCUT2D eigenvalue weighted by Gasteiger charge is -2.28. The van der Waals surface area contributed by atoms with Gasteiger partial charge in [0.2, 0.25) is 0 Å². The molecular weight excluding hydrogens is 188 g/mol. The van der Waals surface area contributed by atoms with Crippen molar-refractivity contribution < 1.29 is 4.79 Å². The number of aromatic nitrogens is 2. The van der Waals surface area contributed by atoms with Gasteiger partial charge in [-0.25, -0.2) is 4.98 Å². The lowest BCUT2D eigenvalue weighted by atomic mass is 9.83. The van der Waals surface area contributed by atoms with Crippen LogP contribution >= 0.6 is 0 Å². The Bertz CT molecular complexity index is 337. The molecule has 0 unspecified atom stereocenters. The SMILES string of the molecule is CCC1(Cn2cncc2C=O)CCCC1. The lowest BCUT2D eigenvalue weighted by Crippen LogP contribution is -2.23. The van der Waals surface area contributed by atoms with E-state index >= 15 is 0 Å². The average molecular weight is 206 g/mol. The van der Waals surface area contributed by atoms with E-state index in [2.05, 4.69) is 11.9 Å². The maximum Gasteiger partial charge on any atom is 0.168 e. The molecule has 0 amide bonds. The number of hydrogen-bond acceptors (Lipinski definition) is 2. The molecule has 0 saturated heterocycles. The predicted octanol–water partition coefficient (Wildman–Crippen LogP) is 2.67. The summed E-state index contributed by atoms with van der Waals surface area (Å²) in [4.78, 5) is 14.8. The predicted molar refractivity (Wildman–Crippen MR) is 58.8 cm³/mol. The van der Waals surface area contributed by atoms with Gasteiger partial charge in [-0.05, 0) is 24.7 Å². The summed E-state index contributed by atoms with van der Waals surface area (Å²) in [5.74, 6) is 0.